The van der Waals surface area contributed by atoms with Crippen molar-refractivity contribution >= 4 is 11.9 Å². The molecule has 0 aromatic heterocycles. The van der Waals surface area contributed by atoms with Crippen molar-refractivity contribution in [2.45, 2.75) is 32.2 Å². The predicted octanol–water partition coefficient (Wildman–Crippen LogP) is 2.59. The van der Waals surface area contributed by atoms with Gasteiger partial charge < -0.3 is 25.2 Å². The number of aromatic hydroxyl groups is 1. The number of carbonyl (C=O) groups excluding carboxylic acids is 2. The van der Waals surface area contributed by atoms with Gasteiger partial charge >= 0.3 is 5.97 Å². The van der Waals surface area contributed by atoms with Gasteiger partial charge in [0.2, 0.25) is 0 Å². The molecule has 7 nitrogen and oxygen atoms in total. The van der Waals surface area contributed by atoms with Crippen LogP contribution in [-0.2, 0) is 16.0 Å². The van der Waals surface area contributed by atoms with Gasteiger partial charge in [0.15, 0.2) is 0 Å². The van der Waals surface area contributed by atoms with E-state index in [4.69, 9.17) is 9.47 Å². The third kappa shape index (κ3) is 6.77. The fraction of sp³-hybridized carbons (Fsp3) is 0.391. The highest BCUT2D eigenvalue weighted by atomic mass is 16.5. The molecule has 0 aliphatic carbocycles. The SMILES string of the molecule is CNCCCCOc1cc(O)c(C(=O)NC(Cc2ccccc2)C(=O)OC)cc1C. The number of methoxy groups -OCH3 is 1. The van der Waals surface area contributed by atoms with E-state index >= 15 is 0 Å². The second-order valence-electron chi connectivity index (χ2n) is 7.03. The van der Waals surface area contributed by atoms with E-state index in [2.05, 4.69) is 10.6 Å². The molecule has 30 heavy (non-hydrogen) atoms. The molecule has 1 amide bonds. The lowest BCUT2D eigenvalue weighted by atomic mass is 10.0. The minimum absolute atomic E-state index is 0.0806. The summed E-state index contributed by atoms with van der Waals surface area (Å²) < 4.78 is 10.5. The van der Waals surface area contributed by atoms with Gasteiger partial charge in [0.1, 0.15) is 17.5 Å². The Morgan fingerprint density at radius 3 is 2.53 bits per heavy atom. The minimum atomic E-state index is -0.868. The first-order valence-electron chi connectivity index (χ1n) is 10.00. The first kappa shape index (κ1) is 23.2. The van der Waals surface area contributed by atoms with Crippen LogP contribution in [0.15, 0.2) is 42.5 Å². The summed E-state index contributed by atoms with van der Waals surface area (Å²) in [5.41, 5.74) is 1.69. The van der Waals surface area contributed by atoms with Gasteiger partial charge in [-0.1, -0.05) is 30.3 Å². The van der Waals surface area contributed by atoms with Crippen LogP contribution in [-0.4, -0.2) is 50.3 Å². The third-order valence-electron chi connectivity index (χ3n) is 4.69. The molecule has 0 heterocycles. The van der Waals surface area contributed by atoms with Crippen molar-refractivity contribution in [2.75, 3.05) is 27.3 Å². The zero-order valence-corrected chi connectivity index (χ0v) is 17.7. The zero-order chi connectivity index (χ0) is 21.9. The van der Waals surface area contributed by atoms with Crippen LogP contribution < -0.4 is 15.4 Å². The first-order chi connectivity index (χ1) is 14.5. The highest BCUT2D eigenvalue weighted by Gasteiger charge is 2.24. The summed E-state index contributed by atoms with van der Waals surface area (Å²) in [5, 5.41) is 16.1. The number of carbonyl (C=O) groups is 2. The molecule has 0 spiro atoms. The molecule has 1 unspecified atom stereocenters. The summed E-state index contributed by atoms with van der Waals surface area (Å²) in [6.07, 6.45) is 2.15. The zero-order valence-electron chi connectivity index (χ0n) is 17.7. The Bertz CT molecular complexity index is 839. The van der Waals surface area contributed by atoms with Crippen LogP contribution >= 0.6 is 0 Å². The standard InChI is InChI=1S/C23H30N2O5/c1-16-13-18(20(26)15-21(16)30-12-8-7-11-24-2)22(27)25-19(23(28)29-3)14-17-9-5-4-6-10-17/h4-6,9-10,13,15,19,24,26H,7-8,11-12,14H2,1-3H3,(H,25,27). The number of phenols is 1. The van der Waals surface area contributed by atoms with E-state index in [1.807, 2.05) is 37.4 Å². The van der Waals surface area contributed by atoms with Crippen molar-refractivity contribution in [3.63, 3.8) is 0 Å². The van der Waals surface area contributed by atoms with Crippen molar-refractivity contribution in [1.29, 1.82) is 0 Å². The Morgan fingerprint density at radius 2 is 1.87 bits per heavy atom. The molecule has 1 atom stereocenters. The van der Waals surface area contributed by atoms with E-state index in [1.54, 1.807) is 13.0 Å². The molecule has 0 aliphatic rings. The monoisotopic (exact) mass is 414 g/mol. The van der Waals surface area contributed by atoms with E-state index in [9.17, 15) is 14.7 Å². The largest absolute Gasteiger partial charge is 0.507 e. The molecule has 162 valence electrons. The molecule has 2 rings (SSSR count). The Balaban J connectivity index is 2.08. The van der Waals surface area contributed by atoms with Crippen LogP contribution in [0, 0.1) is 6.92 Å². The highest BCUT2D eigenvalue weighted by molar-refractivity contribution is 5.99. The van der Waals surface area contributed by atoms with E-state index in [0.29, 0.717) is 12.4 Å². The van der Waals surface area contributed by atoms with Crippen LogP contribution in [0.4, 0.5) is 0 Å². The van der Waals surface area contributed by atoms with E-state index < -0.39 is 17.9 Å². The van der Waals surface area contributed by atoms with Crippen molar-refractivity contribution in [3.05, 3.63) is 59.2 Å². The molecule has 2 aromatic rings. The van der Waals surface area contributed by atoms with Crippen LogP contribution in [0.1, 0.15) is 34.3 Å². The van der Waals surface area contributed by atoms with Gasteiger partial charge in [-0.3, -0.25) is 4.79 Å². The number of nitrogens with one attached hydrogen (secondary N) is 2. The summed E-state index contributed by atoms with van der Waals surface area (Å²) in [4.78, 5) is 24.9. The van der Waals surface area contributed by atoms with Crippen molar-refractivity contribution in [3.8, 4) is 11.5 Å². The number of benzene rings is 2. The van der Waals surface area contributed by atoms with E-state index in [1.165, 1.54) is 13.2 Å². The minimum Gasteiger partial charge on any atom is -0.507 e. The van der Waals surface area contributed by atoms with Gasteiger partial charge in [-0.05, 0) is 50.6 Å². The van der Waals surface area contributed by atoms with Gasteiger partial charge in [-0.2, -0.15) is 0 Å². The van der Waals surface area contributed by atoms with Gasteiger partial charge in [-0.15, -0.1) is 0 Å². The van der Waals surface area contributed by atoms with Crippen LogP contribution in [0.5, 0.6) is 11.5 Å². The Kier molecular flexibility index (Phi) is 9.15. The number of rotatable bonds is 11. The van der Waals surface area contributed by atoms with Crippen LogP contribution in [0.25, 0.3) is 0 Å². The molecule has 0 aliphatic heterocycles. The first-order valence-corrected chi connectivity index (χ1v) is 10.00. The summed E-state index contributed by atoms with van der Waals surface area (Å²) >= 11 is 0. The lowest BCUT2D eigenvalue weighted by Crippen LogP contribution is -2.43. The number of ether oxygens (including phenoxy) is 2. The molecule has 0 saturated carbocycles. The van der Waals surface area contributed by atoms with E-state index in [-0.39, 0.29) is 17.7 Å². The molecule has 2 aromatic carbocycles. The second kappa shape index (κ2) is 11.8. The van der Waals surface area contributed by atoms with Crippen molar-refractivity contribution in [1.82, 2.24) is 10.6 Å². The summed E-state index contributed by atoms with van der Waals surface area (Å²) in [7, 11) is 3.17. The summed E-state index contributed by atoms with van der Waals surface area (Å²) in [6.45, 7) is 3.24. The van der Waals surface area contributed by atoms with Gasteiger partial charge in [0, 0.05) is 12.5 Å². The normalized spacial score (nSPS) is 11.6. The maximum absolute atomic E-state index is 12.8. The average molecular weight is 415 g/mol. The fourth-order valence-corrected chi connectivity index (χ4v) is 3.02. The Labute approximate surface area is 177 Å². The molecule has 7 heteroatoms. The van der Waals surface area contributed by atoms with Gasteiger partial charge in [-0.25, -0.2) is 4.79 Å². The smallest absolute Gasteiger partial charge is 0.328 e. The third-order valence-corrected chi connectivity index (χ3v) is 4.69. The molecule has 3 N–H and O–H groups in total. The predicted molar refractivity (Wildman–Crippen MR) is 115 cm³/mol. The summed E-state index contributed by atoms with van der Waals surface area (Å²) in [5.74, 6) is -0.776. The number of hydrogen-bond donors (Lipinski definition) is 3. The fourth-order valence-electron chi connectivity index (χ4n) is 3.02. The van der Waals surface area contributed by atoms with Crippen LogP contribution in [0.3, 0.4) is 0 Å². The molecule has 0 saturated heterocycles. The Morgan fingerprint density at radius 1 is 1.13 bits per heavy atom. The molecule has 0 radical (unpaired) electrons. The van der Waals surface area contributed by atoms with Gasteiger partial charge in [0.25, 0.3) is 5.91 Å². The number of amides is 1. The van der Waals surface area contributed by atoms with Crippen molar-refractivity contribution in [2.24, 2.45) is 0 Å². The number of esters is 1. The number of aryl methyl sites for hydroxylation is 1. The molecular weight excluding hydrogens is 384 g/mol. The van der Waals surface area contributed by atoms with E-state index in [0.717, 1.165) is 30.5 Å². The van der Waals surface area contributed by atoms with Gasteiger partial charge in [0.05, 0.1) is 19.3 Å². The quantitative estimate of drug-likeness (QED) is 0.386. The molecule has 0 fully saturated rings. The summed E-state index contributed by atoms with van der Waals surface area (Å²) in [6, 6.07) is 11.5. The maximum atomic E-state index is 12.8. The number of hydrogen-bond acceptors (Lipinski definition) is 6. The highest BCUT2D eigenvalue weighted by Crippen LogP contribution is 2.28. The second-order valence-corrected chi connectivity index (χ2v) is 7.03. The molecule has 0 bridgehead atoms. The Hall–Kier alpha value is -3.06. The molecular formula is C23H30N2O5. The lowest BCUT2D eigenvalue weighted by Gasteiger charge is -2.18. The number of phenolic OH excluding ortho intramolecular Hbond substituents is 1. The topological polar surface area (TPSA) is 96.9 Å². The number of unbranched alkanes of at least 4 members (excludes halogenated alkanes) is 1. The lowest BCUT2D eigenvalue weighted by molar-refractivity contribution is -0.142. The van der Waals surface area contributed by atoms with Crippen LogP contribution in [0.2, 0.25) is 0 Å². The maximum Gasteiger partial charge on any atom is 0.328 e. The van der Waals surface area contributed by atoms with Crippen molar-refractivity contribution < 1.29 is 24.2 Å². The average Bonchev–Trinajstić information content (AvgIpc) is 2.75.